The van der Waals surface area contributed by atoms with Crippen LogP contribution in [0.4, 0.5) is 0 Å². The molecule has 0 saturated carbocycles. The number of methoxy groups -OCH3 is 1. The normalized spacial score (nSPS) is 17.2. The average Bonchev–Trinajstić information content (AvgIpc) is 3.18. The van der Waals surface area contributed by atoms with Crippen LogP contribution >= 0.6 is 0 Å². The molecule has 2 heterocycles. The minimum Gasteiger partial charge on any atom is -0.383 e. The highest BCUT2D eigenvalue weighted by Gasteiger charge is 2.31. The van der Waals surface area contributed by atoms with Crippen LogP contribution in [0.1, 0.15) is 34.9 Å². The number of hydrogen-bond acceptors (Lipinski definition) is 5. The van der Waals surface area contributed by atoms with Crippen LogP contribution < -0.4 is 4.72 Å². The number of nitrogens with zero attached hydrogens (tertiary/aromatic N) is 2. The summed E-state index contributed by atoms with van der Waals surface area (Å²) in [6.45, 7) is 1.07. The molecule has 144 valence electrons. The van der Waals surface area contributed by atoms with Crippen molar-refractivity contribution in [3.05, 3.63) is 59.9 Å². The first-order chi connectivity index (χ1) is 13.0. The predicted molar refractivity (Wildman–Crippen MR) is 101 cm³/mol. The summed E-state index contributed by atoms with van der Waals surface area (Å²) in [4.78, 5) is 19.2. The summed E-state index contributed by atoms with van der Waals surface area (Å²) in [7, 11) is -2.19. The van der Waals surface area contributed by atoms with Crippen molar-refractivity contribution < 1.29 is 17.9 Å². The first-order valence-corrected chi connectivity index (χ1v) is 10.3. The zero-order chi connectivity index (χ0) is 19.3. The topological polar surface area (TPSA) is 88.6 Å². The number of carbonyl (C=O) groups is 1. The Morgan fingerprint density at radius 2 is 2.15 bits per heavy atom. The molecule has 27 heavy (non-hydrogen) atoms. The molecule has 3 rings (SSSR count). The zero-order valence-electron chi connectivity index (χ0n) is 15.2. The van der Waals surface area contributed by atoms with Crippen LogP contribution in [0.15, 0.2) is 53.6 Å². The van der Waals surface area contributed by atoms with Crippen LogP contribution in [0.3, 0.4) is 0 Å². The van der Waals surface area contributed by atoms with E-state index in [0.717, 1.165) is 18.5 Å². The molecule has 1 unspecified atom stereocenters. The summed E-state index contributed by atoms with van der Waals surface area (Å²) in [5, 5.41) is 0. The van der Waals surface area contributed by atoms with Crippen LogP contribution in [0.5, 0.6) is 0 Å². The van der Waals surface area contributed by atoms with Gasteiger partial charge in [0.15, 0.2) is 0 Å². The molecule has 1 saturated heterocycles. The second-order valence-electron chi connectivity index (χ2n) is 6.33. The Morgan fingerprint density at radius 1 is 1.30 bits per heavy atom. The molecule has 0 bridgehead atoms. The number of hydrogen-bond donors (Lipinski definition) is 1. The van der Waals surface area contributed by atoms with Gasteiger partial charge in [-0.05, 0) is 43.2 Å². The van der Waals surface area contributed by atoms with Gasteiger partial charge in [0, 0.05) is 32.0 Å². The van der Waals surface area contributed by atoms with Crippen molar-refractivity contribution >= 4 is 15.9 Å². The highest BCUT2D eigenvalue weighted by molar-refractivity contribution is 7.89. The van der Waals surface area contributed by atoms with E-state index in [0.29, 0.717) is 12.1 Å². The van der Waals surface area contributed by atoms with Crippen molar-refractivity contribution in [3.63, 3.8) is 0 Å². The van der Waals surface area contributed by atoms with Crippen molar-refractivity contribution in [1.29, 1.82) is 0 Å². The standard InChI is InChI=1S/C19H23N3O4S/c1-26-13-11-21-27(24,25)16-7-4-6-15(14-16)19(23)22-12-5-9-18(22)17-8-2-3-10-20-17/h2-4,6-8,10,14,18,21H,5,9,11-13H2,1H3. The SMILES string of the molecule is COCCNS(=O)(=O)c1cccc(C(=O)N2CCCC2c2ccccn2)c1. The molecule has 1 fully saturated rings. The molecular weight excluding hydrogens is 366 g/mol. The van der Waals surface area contributed by atoms with Gasteiger partial charge in [-0.25, -0.2) is 13.1 Å². The number of likely N-dealkylation sites (tertiary alicyclic amines) is 1. The summed E-state index contributed by atoms with van der Waals surface area (Å²) >= 11 is 0. The molecule has 7 nitrogen and oxygen atoms in total. The predicted octanol–water partition coefficient (Wildman–Crippen LogP) is 1.98. The maximum Gasteiger partial charge on any atom is 0.254 e. The molecule has 0 aliphatic carbocycles. The van der Waals surface area contributed by atoms with Crippen LogP contribution in [0, 0.1) is 0 Å². The van der Waals surface area contributed by atoms with Crippen LogP contribution in [-0.2, 0) is 14.8 Å². The lowest BCUT2D eigenvalue weighted by atomic mass is 10.1. The molecule has 1 aromatic carbocycles. The van der Waals surface area contributed by atoms with Gasteiger partial charge in [0.1, 0.15) is 0 Å². The smallest absolute Gasteiger partial charge is 0.254 e. The van der Waals surface area contributed by atoms with Crippen LogP contribution in [0.25, 0.3) is 0 Å². The van der Waals surface area contributed by atoms with Crippen molar-refractivity contribution in [1.82, 2.24) is 14.6 Å². The van der Waals surface area contributed by atoms with Gasteiger partial charge in [-0.1, -0.05) is 12.1 Å². The monoisotopic (exact) mass is 389 g/mol. The van der Waals surface area contributed by atoms with Gasteiger partial charge in [0.05, 0.1) is 23.2 Å². The molecule has 1 aromatic heterocycles. The van der Waals surface area contributed by atoms with Gasteiger partial charge in [0.2, 0.25) is 10.0 Å². The number of amides is 1. The van der Waals surface area contributed by atoms with Gasteiger partial charge in [-0.3, -0.25) is 9.78 Å². The third-order valence-corrected chi connectivity index (χ3v) is 5.99. The third-order valence-electron chi connectivity index (χ3n) is 4.53. The largest absolute Gasteiger partial charge is 0.383 e. The lowest BCUT2D eigenvalue weighted by Crippen LogP contribution is -2.31. The number of benzene rings is 1. The Hall–Kier alpha value is -2.29. The summed E-state index contributed by atoms with van der Waals surface area (Å²) in [5.74, 6) is -0.183. The Balaban J connectivity index is 1.81. The molecule has 1 aliphatic rings. The lowest BCUT2D eigenvalue weighted by molar-refractivity contribution is 0.0732. The van der Waals surface area contributed by atoms with E-state index in [9.17, 15) is 13.2 Å². The molecule has 8 heteroatoms. The zero-order valence-corrected chi connectivity index (χ0v) is 16.0. The van der Waals surface area contributed by atoms with E-state index in [2.05, 4.69) is 9.71 Å². The van der Waals surface area contributed by atoms with Gasteiger partial charge >= 0.3 is 0 Å². The van der Waals surface area contributed by atoms with E-state index in [1.54, 1.807) is 23.2 Å². The van der Waals surface area contributed by atoms with Gasteiger partial charge in [-0.2, -0.15) is 0 Å². The summed E-state index contributed by atoms with van der Waals surface area (Å²) in [6, 6.07) is 11.7. The number of pyridine rings is 1. The fraction of sp³-hybridized carbons (Fsp3) is 0.368. The fourth-order valence-corrected chi connectivity index (χ4v) is 4.27. The van der Waals surface area contributed by atoms with Gasteiger partial charge in [0.25, 0.3) is 5.91 Å². The van der Waals surface area contributed by atoms with E-state index in [1.807, 2.05) is 18.2 Å². The van der Waals surface area contributed by atoms with E-state index < -0.39 is 10.0 Å². The third kappa shape index (κ3) is 4.52. The first kappa shape index (κ1) is 19.5. The molecule has 1 N–H and O–H groups in total. The van der Waals surface area contributed by atoms with Crippen molar-refractivity contribution in [2.45, 2.75) is 23.8 Å². The van der Waals surface area contributed by atoms with Crippen molar-refractivity contribution in [2.75, 3.05) is 26.8 Å². The minimum absolute atomic E-state index is 0.0676. The van der Waals surface area contributed by atoms with E-state index in [1.165, 1.54) is 19.2 Å². The maximum atomic E-state index is 13.0. The summed E-state index contributed by atoms with van der Waals surface area (Å²) < 4.78 is 32.1. The number of ether oxygens (including phenoxy) is 1. The number of aromatic nitrogens is 1. The Bertz CT molecular complexity index is 887. The highest BCUT2D eigenvalue weighted by atomic mass is 32.2. The van der Waals surface area contributed by atoms with Gasteiger partial charge < -0.3 is 9.64 Å². The summed E-state index contributed by atoms with van der Waals surface area (Å²) in [6.07, 6.45) is 3.46. The Kier molecular flexibility index (Phi) is 6.20. The Labute approximate surface area is 159 Å². The first-order valence-electron chi connectivity index (χ1n) is 8.83. The van der Waals surface area contributed by atoms with Crippen LogP contribution in [0.2, 0.25) is 0 Å². The molecule has 2 aromatic rings. The van der Waals surface area contributed by atoms with E-state index in [4.69, 9.17) is 4.74 Å². The van der Waals surface area contributed by atoms with Gasteiger partial charge in [-0.15, -0.1) is 0 Å². The second kappa shape index (κ2) is 8.60. The molecule has 1 amide bonds. The molecule has 1 aliphatic heterocycles. The number of sulfonamides is 1. The number of nitrogens with one attached hydrogen (secondary N) is 1. The average molecular weight is 389 g/mol. The quantitative estimate of drug-likeness (QED) is 0.732. The summed E-state index contributed by atoms with van der Waals surface area (Å²) in [5.41, 5.74) is 1.21. The van der Waals surface area contributed by atoms with E-state index >= 15 is 0 Å². The lowest BCUT2D eigenvalue weighted by Gasteiger charge is -2.24. The van der Waals surface area contributed by atoms with Crippen LogP contribution in [-0.4, -0.2) is 51.0 Å². The Morgan fingerprint density at radius 3 is 2.89 bits per heavy atom. The van der Waals surface area contributed by atoms with E-state index in [-0.39, 0.29) is 30.0 Å². The number of carbonyl (C=O) groups excluding carboxylic acids is 1. The number of rotatable bonds is 7. The minimum atomic E-state index is -3.69. The second-order valence-corrected chi connectivity index (χ2v) is 8.10. The molecular formula is C19H23N3O4S. The van der Waals surface area contributed by atoms with Crippen molar-refractivity contribution in [3.8, 4) is 0 Å². The fourth-order valence-electron chi connectivity index (χ4n) is 3.21. The highest BCUT2D eigenvalue weighted by Crippen LogP contribution is 2.32. The molecule has 1 atom stereocenters. The van der Waals surface area contributed by atoms with Crippen molar-refractivity contribution in [2.24, 2.45) is 0 Å². The molecule has 0 radical (unpaired) electrons. The molecule has 0 spiro atoms. The maximum absolute atomic E-state index is 13.0.